The van der Waals surface area contributed by atoms with Gasteiger partial charge in [-0.15, -0.1) is 0 Å². The second kappa shape index (κ2) is 14.4. The van der Waals surface area contributed by atoms with E-state index in [2.05, 4.69) is 150 Å². The summed E-state index contributed by atoms with van der Waals surface area (Å²) in [5, 5.41) is 0. The van der Waals surface area contributed by atoms with Gasteiger partial charge in [-0.2, -0.15) is 4.98 Å². The topological polar surface area (TPSA) is 55.3 Å². The highest BCUT2D eigenvalue weighted by atomic mass is 16.4. The number of anilines is 3. The van der Waals surface area contributed by atoms with Gasteiger partial charge in [0.05, 0.1) is 17.3 Å². The highest BCUT2D eigenvalue weighted by Gasteiger charge is 2.24. The quantitative estimate of drug-likeness (QED) is 0.149. The minimum Gasteiger partial charge on any atom is -0.440 e. The average molecular weight is 722 g/mol. The van der Waals surface area contributed by atoms with Crippen LogP contribution in [0.1, 0.15) is 22.9 Å². The number of aromatic nitrogens is 2. The summed E-state index contributed by atoms with van der Waals surface area (Å²) >= 11 is 0. The van der Waals surface area contributed by atoms with Crippen molar-refractivity contribution in [3.05, 3.63) is 223 Å². The van der Waals surface area contributed by atoms with E-state index in [1.165, 1.54) is 0 Å². The molecule has 0 radical (unpaired) electrons. The third kappa shape index (κ3) is 6.42. The second-order valence-electron chi connectivity index (χ2n) is 13.8. The molecule has 10 rings (SSSR count). The Balaban J connectivity index is 0.960. The zero-order valence-electron chi connectivity index (χ0n) is 30.4. The van der Waals surface area contributed by atoms with Gasteiger partial charge >= 0.3 is 6.01 Å². The van der Waals surface area contributed by atoms with Crippen molar-refractivity contribution in [3.8, 4) is 33.4 Å². The molecule has 0 aliphatic rings. The molecule has 0 aliphatic carbocycles. The lowest BCUT2D eigenvalue weighted by molar-refractivity contribution is 0.522. The Bertz CT molecular complexity index is 2680. The Morgan fingerprint density at radius 1 is 0.357 bits per heavy atom. The molecular weight excluding hydrogens is 687 g/mol. The molecule has 56 heavy (non-hydrogen) atoms. The van der Waals surface area contributed by atoms with Crippen LogP contribution in [0.2, 0.25) is 0 Å². The Kier molecular flexibility index (Phi) is 8.50. The van der Waals surface area contributed by atoms with E-state index in [0.717, 1.165) is 78.1 Å². The number of benzene rings is 8. The van der Waals surface area contributed by atoms with Crippen LogP contribution in [0.25, 0.3) is 55.6 Å². The zero-order chi connectivity index (χ0) is 37.3. The number of oxazole rings is 2. The fourth-order valence-electron chi connectivity index (χ4n) is 7.44. The Morgan fingerprint density at radius 2 is 0.786 bits per heavy atom. The molecule has 8 aromatic carbocycles. The van der Waals surface area contributed by atoms with Gasteiger partial charge in [0.25, 0.3) is 0 Å². The van der Waals surface area contributed by atoms with Crippen molar-refractivity contribution < 1.29 is 8.83 Å². The summed E-state index contributed by atoms with van der Waals surface area (Å²) in [4.78, 5) is 12.1. The van der Waals surface area contributed by atoms with Gasteiger partial charge in [0.1, 0.15) is 11.0 Å². The molecule has 10 aromatic rings. The molecule has 5 nitrogen and oxygen atoms in total. The van der Waals surface area contributed by atoms with Crippen molar-refractivity contribution in [2.24, 2.45) is 0 Å². The molecule has 0 saturated heterocycles. The Hall–Kier alpha value is -7.50. The first-order chi connectivity index (χ1) is 27.7. The minimum absolute atomic E-state index is 0.167. The maximum atomic E-state index is 6.47. The molecule has 2 aromatic heterocycles. The molecule has 0 bridgehead atoms. The fourth-order valence-corrected chi connectivity index (χ4v) is 7.44. The van der Waals surface area contributed by atoms with E-state index in [0.29, 0.717) is 11.9 Å². The first-order valence-corrected chi connectivity index (χ1v) is 18.8. The van der Waals surface area contributed by atoms with Gasteiger partial charge in [0.15, 0.2) is 11.2 Å². The summed E-state index contributed by atoms with van der Waals surface area (Å²) in [7, 11) is 0. The summed E-state index contributed by atoms with van der Waals surface area (Å²) < 4.78 is 12.9. The first kappa shape index (κ1) is 33.1. The lowest BCUT2D eigenvalue weighted by Crippen LogP contribution is -2.10. The smallest absolute Gasteiger partial charge is 0.307 e. The van der Waals surface area contributed by atoms with Crippen LogP contribution in [0.4, 0.5) is 17.4 Å². The van der Waals surface area contributed by atoms with Crippen LogP contribution in [0.5, 0.6) is 0 Å². The predicted octanol–water partition coefficient (Wildman–Crippen LogP) is 13.6. The van der Waals surface area contributed by atoms with Crippen LogP contribution in [-0.2, 0) is 0 Å². The van der Waals surface area contributed by atoms with E-state index in [-0.39, 0.29) is 5.92 Å². The van der Waals surface area contributed by atoms with E-state index in [1.54, 1.807) is 0 Å². The van der Waals surface area contributed by atoms with E-state index >= 15 is 0 Å². The molecule has 266 valence electrons. The number of fused-ring (bicyclic) bond motifs is 2. The molecule has 5 heteroatoms. The van der Waals surface area contributed by atoms with Gasteiger partial charge in [-0.3, -0.25) is 4.90 Å². The highest BCUT2D eigenvalue weighted by molar-refractivity contribution is 5.84. The monoisotopic (exact) mass is 721 g/mol. The van der Waals surface area contributed by atoms with Crippen molar-refractivity contribution in [1.29, 1.82) is 0 Å². The van der Waals surface area contributed by atoms with Crippen LogP contribution in [0.3, 0.4) is 0 Å². The fraction of sp³-hybridized carbons (Fsp3) is 0.0196. The molecule has 2 heterocycles. The van der Waals surface area contributed by atoms with Gasteiger partial charge in [-0.25, -0.2) is 4.98 Å². The lowest BCUT2D eigenvalue weighted by atomic mass is 9.90. The predicted molar refractivity (Wildman–Crippen MR) is 226 cm³/mol. The second-order valence-corrected chi connectivity index (χ2v) is 13.8. The standard InChI is InChI=1S/C51H35N3O2/c1-5-13-35(14-6-1)41-27-31-47-45(33-41)52-50(55-47)49(39-17-9-3-10-18-39)40-23-21-37(22-24-40)38-25-29-44(30-26-38)54(43-19-11-4-12-20-43)51-53-46-34-42(28-32-48(46)56-51)36-15-7-2-8-16-36/h1-34,49H. The Morgan fingerprint density at radius 3 is 1.38 bits per heavy atom. The third-order valence-electron chi connectivity index (χ3n) is 10.3. The average Bonchev–Trinajstić information content (AvgIpc) is 3.89. The van der Waals surface area contributed by atoms with E-state index in [1.807, 2.05) is 60.7 Å². The van der Waals surface area contributed by atoms with E-state index in [9.17, 15) is 0 Å². The van der Waals surface area contributed by atoms with Crippen molar-refractivity contribution >= 4 is 39.6 Å². The number of rotatable bonds is 9. The normalized spacial score (nSPS) is 11.9. The summed E-state index contributed by atoms with van der Waals surface area (Å²) in [6, 6.07) is 71.5. The van der Waals surface area contributed by atoms with Crippen LogP contribution >= 0.6 is 0 Å². The molecule has 0 saturated carbocycles. The maximum absolute atomic E-state index is 6.47. The number of para-hydroxylation sites is 1. The minimum atomic E-state index is -0.167. The van der Waals surface area contributed by atoms with Crippen LogP contribution in [0, 0.1) is 0 Å². The molecule has 0 amide bonds. The van der Waals surface area contributed by atoms with Crippen LogP contribution in [0.15, 0.2) is 215 Å². The molecule has 0 N–H and O–H groups in total. The van der Waals surface area contributed by atoms with Crippen LogP contribution < -0.4 is 4.90 Å². The SMILES string of the molecule is c1ccc(-c2ccc3oc(C(c4ccccc4)c4ccc(-c5ccc(N(c6ccccc6)c6nc7cc(-c8ccccc8)ccc7o6)cc5)cc4)nc3c2)cc1. The van der Waals surface area contributed by atoms with Crippen molar-refractivity contribution in [1.82, 2.24) is 9.97 Å². The van der Waals surface area contributed by atoms with Crippen LogP contribution in [-0.4, -0.2) is 9.97 Å². The largest absolute Gasteiger partial charge is 0.440 e. The molecule has 0 fully saturated rings. The molecule has 0 spiro atoms. The number of nitrogens with zero attached hydrogens (tertiary/aromatic N) is 3. The summed E-state index contributed by atoms with van der Waals surface area (Å²) in [5.41, 5.74) is 14.0. The number of hydrogen-bond acceptors (Lipinski definition) is 5. The molecule has 0 aliphatic heterocycles. The van der Waals surface area contributed by atoms with E-state index in [4.69, 9.17) is 18.8 Å². The van der Waals surface area contributed by atoms with Crippen molar-refractivity contribution in [2.45, 2.75) is 5.92 Å². The third-order valence-corrected chi connectivity index (χ3v) is 10.3. The maximum Gasteiger partial charge on any atom is 0.307 e. The lowest BCUT2D eigenvalue weighted by Gasteiger charge is -2.21. The van der Waals surface area contributed by atoms with Gasteiger partial charge in [-0.05, 0) is 93.0 Å². The molecule has 1 unspecified atom stereocenters. The van der Waals surface area contributed by atoms with Gasteiger partial charge < -0.3 is 8.83 Å². The first-order valence-electron chi connectivity index (χ1n) is 18.8. The molecular formula is C51H35N3O2. The van der Waals surface area contributed by atoms with Gasteiger partial charge in [0.2, 0.25) is 5.89 Å². The zero-order valence-corrected chi connectivity index (χ0v) is 30.4. The molecule has 1 atom stereocenters. The van der Waals surface area contributed by atoms with Crippen molar-refractivity contribution in [3.63, 3.8) is 0 Å². The summed E-state index contributed by atoms with van der Waals surface area (Å²) in [6.07, 6.45) is 0. The van der Waals surface area contributed by atoms with E-state index < -0.39 is 0 Å². The summed E-state index contributed by atoms with van der Waals surface area (Å²) in [6.45, 7) is 0. The van der Waals surface area contributed by atoms with Gasteiger partial charge in [-0.1, -0.05) is 158 Å². The number of hydrogen-bond donors (Lipinski definition) is 0. The summed E-state index contributed by atoms with van der Waals surface area (Å²) in [5.74, 6) is 0.504. The highest BCUT2D eigenvalue weighted by Crippen LogP contribution is 2.39. The van der Waals surface area contributed by atoms with Gasteiger partial charge in [0, 0.05) is 0 Å². The Labute approximate surface area is 324 Å². The van der Waals surface area contributed by atoms with Crippen molar-refractivity contribution in [2.75, 3.05) is 4.90 Å².